The van der Waals surface area contributed by atoms with Gasteiger partial charge in [-0.25, -0.2) is 10.2 Å². The lowest BCUT2D eigenvalue weighted by atomic mass is 9.47. The number of hydrazine groups is 1. The fourth-order valence-electron chi connectivity index (χ4n) is 16.6. The lowest BCUT2D eigenvalue weighted by molar-refractivity contribution is -0.204. The molecule has 6 heterocycles. The molecule has 1 aliphatic carbocycles. The van der Waals surface area contributed by atoms with E-state index in [0.717, 1.165) is 44.7 Å². The first-order valence-electron chi connectivity index (χ1n) is 32.4. The summed E-state index contributed by atoms with van der Waals surface area (Å²) in [5.74, 6) is -1.16. The van der Waals surface area contributed by atoms with E-state index < -0.39 is 69.6 Å². The molecule has 92 heavy (non-hydrogen) atoms. The summed E-state index contributed by atoms with van der Waals surface area (Å²) in [5, 5.41) is 42.6. The molecule has 1 unspecified atom stereocenters. The van der Waals surface area contributed by atoms with Crippen LogP contribution in [0, 0.1) is 23.2 Å². The number of aliphatic hydroxyl groups excluding tert-OH is 1. The third-order valence-electron chi connectivity index (χ3n) is 21.0. The van der Waals surface area contributed by atoms with Crippen LogP contribution >= 0.6 is 21.6 Å². The van der Waals surface area contributed by atoms with Gasteiger partial charge in [-0.2, -0.15) is 0 Å². The number of para-hydroxylation sites is 1. The number of ketones is 2. The van der Waals surface area contributed by atoms with Crippen molar-refractivity contribution in [3.8, 4) is 5.75 Å². The molecule has 0 radical (unpaired) electrons. The van der Waals surface area contributed by atoms with Crippen molar-refractivity contribution in [2.45, 2.75) is 163 Å². The number of amides is 3. The lowest BCUT2D eigenvalue weighted by Crippen LogP contribution is -2.82. The van der Waals surface area contributed by atoms with Gasteiger partial charge in [-0.05, 0) is 118 Å². The van der Waals surface area contributed by atoms with Crippen LogP contribution in [0.1, 0.15) is 127 Å². The first-order chi connectivity index (χ1) is 44.0. The Kier molecular flexibility index (Phi) is 20.8. The number of nitrogens with zero attached hydrogens (tertiary/aromatic N) is 4. The van der Waals surface area contributed by atoms with E-state index in [1.165, 1.54) is 10.8 Å². The second-order valence-corrected chi connectivity index (χ2v) is 29.1. The third kappa shape index (κ3) is 12.9. The first-order valence-corrected chi connectivity index (χ1v) is 34.8. The number of ether oxygens (including phenoxy) is 3. The predicted molar refractivity (Wildman–Crippen MR) is 355 cm³/mol. The Balaban J connectivity index is 0.815. The van der Waals surface area contributed by atoms with E-state index in [2.05, 4.69) is 54.1 Å². The standard InChI is InChI=1S/C68H92N10O12S2/c1-8-64(86)34-45-35-66(39-89-40-79,56-48(23-28-77(36-45)38-64)47-16-10-11-17-51(47)73-56)50-32-49-52(33-55(50)88-7)76(6)59-67(49)25-29-78-27-14-24-65(9-2,58(67)78)60(83)68(59,87)61(84)74-75-63(85)90-37-44-19-21-46(22-20-44)92-91-30-13-18-53(80)43(5)72-57(82)42(4)31-54(81)41(3)15-12-26-71-62(69)70/h10-11,14,16-17,19-22,24,32-33,40-43,45,58-60,73,83,86-87H,8-9,12-13,15,18,23,25-31,34-39H2,1-7H3,(H,72,82)(H,74,84)(H,75,85)(H4,69,70,71)/t41-,42+,43-,45+,58-,59+,60+,64-,65+,66-,67+,68-/m0/s1. The smallest absolute Gasteiger partial charge is 0.426 e. The molecule has 13 atom stereocenters. The number of aromatic amines is 1. The molecular formula is C68H92N10O12S2. The van der Waals surface area contributed by atoms with Gasteiger partial charge in [0.1, 0.15) is 30.9 Å². The van der Waals surface area contributed by atoms with E-state index in [1.807, 2.05) is 87.3 Å². The van der Waals surface area contributed by atoms with E-state index in [9.17, 15) is 39.3 Å². The minimum absolute atomic E-state index is 0.00700. The molecule has 498 valence electrons. The van der Waals surface area contributed by atoms with Crippen LogP contribution in [-0.4, -0.2) is 173 Å². The molecule has 6 aliphatic rings. The Morgan fingerprint density at radius 1 is 0.935 bits per heavy atom. The third-order valence-corrected chi connectivity index (χ3v) is 23.5. The zero-order valence-corrected chi connectivity index (χ0v) is 55.6. The predicted octanol–water partition coefficient (Wildman–Crippen LogP) is 6.08. The molecule has 4 aromatic rings. The molecule has 24 heteroatoms. The number of guanidine groups is 1. The Morgan fingerprint density at radius 3 is 2.43 bits per heavy atom. The number of carbonyl (C=O) groups is 6. The van der Waals surface area contributed by atoms with Crippen molar-refractivity contribution in [2.24, 2.45) is 39.6 Å². The van der Waals surface area contributed by atoms with Gasteiger partial charge < -0.3 is 56.2 Å². The normalized spacial score (nSPS) is 28.7. The van der Waals surface area contributed by atoms with Gasteiger partial charge in [0.05, 0.1) is 30.2 Å². The summed E-state index contributed by atoms with van der Waals surface area (Å²) in [6.45, 7) is 13.1. The van der Waals surface area contributed by atoms with Crippen LogP contribution in [0.15, 0.2) is 82.7 Å². The summed E-state index contributed by atoms with van der Waals surface area (Å²) < 4.78 is 18.1. The van der Waals surface area contributed by atoms with Crippen LogP contribution < -0.4 is 37.3 Å². The molecule has 3 fully saturated rings. The number of nitrogens with two attached hydrogens (primary N) is 2. The number of H-pyrrole nitrogens is 1. The molecule has 1 aromatic heterocycles. The van der Waals surface area contributed by atoms with E-state index in [1.54, 1.807) is 31.8 Å². The van der Waals surface area contributed by atoms with Crippen molar-refractivity contribution in [1.29, 1.82) is 0 Å². The van der Waals surface area contributed by atoms with Crippen molar-refractivity contribution in [1.82, 2.24) is 31.0 Å². The molecular weight excluding hydrogens is 1210 g/mol. The number of hydrogen-bond acceptors (Lipinski definition) is 18. The monoisotopic (exact) mass is 1300 g/mol. The largest absolute Gasteiger partial charge is 0.496 e. The summed E-state index contributed by atoms with van der Waals surface area (Å²) in [5.41, 5.74) is 14.8. The number of fused-ring (bicyclic) bond motifs is 6. The average Bonchev–Trinajstić information content (AvgIpc) is 1.45. The van der Waals surface area contributed by atoms with Crippen LogP contribution in [0.25, 0.3) is 10.9 Å². The average molecular weight is 1310 g/mol. The number of piperidine rings is 1. The summed E-state index contributed by atoms with van der Waals surface area (Å²) in [6, 6.07) is 17.6. The number of nitrogens with one attached hydrogen (secondary N) is 4. The Labute approximate surface area is 546 Å². The van der Waals surface area contributed by atoms with Crippen LogP contribution in [0.3, 0.4) is 0 Å². The number of carbonyl (C=O) groups excluding carboxylic acids is 6. The molecule has 22 nitrogen and oxygen atoms in total. The maximum atomic E-state index is 15.2. The Morgan fingerprint density at radius 2 is 1.71 bits per heavy atom. The van der Waals surface area contributed by atoms with Gasteiger partial charge in [-0.1, -0.05) is 91.8 Å². The number of aliphatic imine (C=N–C) groups is 1. The highest BCUT2D eigenvalue weighted by molar-refractivity contribution is 8.76. The van der Waals surface area contributed by atoms with E-state index in [4.69, 9.17) is 25.7 Å². The lowest BCUT2D eigenvalue weighted by Gasteiger charge is -2.63. The first kappa shape index (κ1) is 68.2. The number of aromatic nitrogens is 1. The quantitative estimate of drug-likeness (QED) is 0.00654. The van der Waals surface area contributed by atoms with Gasteiger partial charge >= 0.3 is 6.09 Å². The number of anilines is 1. The second-order valence-electron chi connectivity index (χ2n) is 26.6. The molecule has 1 spiro atoms. The molecule has 2 bridgehead atoms. The molecule has 3 amide bonds. The van der Waals surface area contributed by atoms with Crippen molar-refractivity contribution < 1.29 is 58.3 Å². The van der Waals surface area contributed by atoms with Gasteiger partial charge in [0.15, 0.2) is 17.3 Å². The number of methoxy groups -OCH3 is 1. The highest BCUT2D eigenvalue weighted by atomic mass is 33.1. The van der Waals surface area contributed by atoms with Crippen molar-refractivity contribution in [2.75, 3.05) is 70.7 Å². The minimum atomic E-state index is -2.55. The number of likely N-dealkylation sites (N-methyl/N-ethyl adjacent to an activating group) is 1. The zero-order chi connectivity index (χ0) is 65.9. The SMILES string of the molecule is CC[C@]1(O)C[C@H]2CN(CCc3c([nH]c4ccccc34)[C@@](COC=O)(c3cc4c(cc3OC)N(C)[C@H]3[C@@](O)(C(=O)NNC(=O)OCc5ccc(SSCCCC(=O)[C@H](C)NC(=O)[C@H](C)CC(=O)[C@@H](C)CCCN=C(N)N)cc5)[C@H](O)[C@]5(CC)C=CCN6CC[C@]43[C@@H]65)C2)C1. The van der Waals surface area contributed by atoms with E-state index in [0.29, 0.717) is 120 Å². The number of rotatable bonds is 26. The maximum Gasteiger partial charge on any atom is 0.426 e. The number of Topliss-reactive ketones (excluding diaryl/α,β-unsaturated/α-hetero) is 2. The second kappa shape index (κ2) is 28.1. The molecule has 10 rings (SSSR count). The Bertz CT molecular complexity index is 3460. The number of hydrogen-bond donors (Lipinski definition) is 9. The van der Waals surface area contributed by atoms with Gasteiger partial charge in [0.25, 0.3) is 12.4 Å². The van der Waals surface area contributed by atoms with Crippen LogP contribution in [-0.2, 0) is 57.3 Å². The highest BCUT2D eigenvalue weighted by Gasteiger charge is 2.79. The van der Waals surface area contributed by atoms with Crippen molar-refractivity contribution >= 4 is 80.1 Å². The summed E-state index contributed by atoms with van der Waals surface area (Å²) >= 11 is 0. The fraction of sp³-hybridized carbons (Fsp3) is 0.574. The van der Waals surface area contributed by atoms with Crippen LogP contribution in [0.5, 0.6) is 5.75 Å². The van der Waals surface area contributed by atoms with Gasteiger partial charge in [-0.3, -0.25) is 44.2 Å². The summed E-state index contributed by atoms with van der Waals surface area (Å²) in [7, 11) is 6.54. The molecule has 2 saturated heterocycles. The summed E-state index contributed by atoms with van der Waals surface area (Å²) in [6.07, 6.45) is 6.64. The summed E-state index contributed by atoms with van der Waals surface area (Å²) in [4.78, 5) is 95.3. The molecule has 11 N–H and O–H groups in total. The maximum absolute atomic E-state index is 15.2. The molecule has 1 saturated carbocycles. The molecule has 3 aromatic carbocycles. The van der Waals surface area contributed by atoms with Crippen molar-refractivity contribution in [3.63, 3.8) is 0 Å². The van der Waals surface area contributed by atoms with Crippen molar-refractivity contribution in [3.05, 3.63) is 101 Å². The van der Waals surface area contributed by atoms with E-state index >= 15 is 4.79 Å². The minimum Gasteiger partial charge on any atom is -0.496 e. The topological polar surface area (TPSA) is 317 Å². The molecule has 5 aliphatic heterocycles. The zero-order valence-electron chi connectivity index (χ0n) is 54.0. The fourth-order valence-corrected chi connectivity index (χ4v) is 18.6. The van der Waals surface area contributed by atoms with Crippen LogP contribution in [0.2, 0.25) is 0 Å². The highest BCUT2D eigenvalue weighted by Crippen LogP contribution is 2.67. The van der Waals surface area contributed by atoms with Gasteiger partial charge in [0, 0.05) is 126 Å². The van der Waals surface area contributed by atoms with E-state index in [-0.39, 0.29) is 61.3 Å². The number of aliphatic hydroxyl groups is 3. The Hall–Kier alpha value is -6.67. The van der Waals surface area contributed by atoms with Gasteiger partial charge in [-0.15, -0.1) is 0 Å². The van der Waals surface area contributed by atoms with Crippen LogP contribution in [0.4, 0.5) is 10.5 Å². The van der Waals surface area contributed by atoms with Gasteiger partial charge in [0.2, 0.25) is 5.91 Å². The number of benzene rings is 3.